The van der Waals surface area contributed by atoms with Crippen molar-refractivity contribution in [3.8, 4) is 0 Å². The van der Waals surface area contributed by atoms with Crippen molar-refractivity contribution in [1.29, 1.82) is 0 Å². The molecule has 0 aromatic rings. The van der Waals surface area contributed by atoms with Crippen LogP contribution in [0.25, 0.3) is 0 Å². The van der Waals surface area contributed by atoms with Crippen molar-refractivity contribution in [2.75, 3.05) is 0 Å². The van der Waals surface area contributed by atoms with E-state index in [0.717, 1.165) is 6.42 Å². The van der Waals surface area contributed by atoms with Gasteiger partial charge in [0.2, 0.25) is 11.8 Å². The van der Waals surface area contributed by atoms with Crippen molar-refractivity contribution in [2.24, 2.45) is 11.7 Å². The summed E-state index contributed by atoms with van der Waals surface area (Å²) in [4.78, 5) is 22.1. The molecule has 15 heavy (non-hydrogen) atoms. The Bertz CT molecular complexity index is 191. The Labute approximate surface area is 92.6 Å². The molecule has 4 nitrogen and oxygen atoms in total. The van der Waals surface area contributed by atoms with Crippen LogP contribution in [0.2, 0.25) is 0 Å². The molecule has 0 rings (SSSR count). The van der Waals surface area contributed by atoms with Gasteiger partial charge in [0.15, 0.2) is 0 Å². The fourth-order valence-corrected chi connectivity index (χ4v) is 0.913. The lowest BCUT2D eigenvalue weighted by Crippen LogP contribution is -2.45. The van der Waals surface area contributed by atoms with Crippen molar-refractivity contribution < 1.29 is 9.59 Å². The van der Waals surface area contributed by atoms with Crippen LogP contribution in [0, 0.1) is 5.92 Å². The molecule has 0 aromatic heterocycles. The number of primary amides is 1. The molecule has 0 saturated heterocycles. The molecule has 0 aromatic carbocycles. The average Bonchev–Trinajstić information content (AvgIpc) is 2.19. The third-order valence-corrected chi connectivity index (χ3v) is 1.76. The van der Waals surface area contributed by atoms with Gasteiger partial charge in [0.05, 0.1) is 0 Å². The van der Waals surface area contributed by atoms with E-state index in [0.29, 0.717) is 6.42 Å². The van der Waals surface area contributed by atoms with Gasteiger partial charge in [-0.15, -0.1) is 0 Å². The summed E-state index contributed by atoms with van der Waals surface area (Å²) in [6.45, 7) is 9.50. The fourth-order valence-electron chi connectivity index (χ4n) is 0.913. The third-order valence-electron chi connectivity index (χ3n) is 1.76. The van der Waals surface area contributed by atoms with Gasteiger partial charge in [-0.2, -0.15) is 0 Å². The molecule has 4 heteroatoms. The zero-order chi connectivity index (χ0) is 12.4. The number of nitrogens with two attached hydrogens (primary N) is 1. The molecule has 3 N–H and O–H groups in total. The third kappa shape index (κ3) is 7.97. The van der Waals surface area contributed by atoms with E-state index in [1.165, 1.54) is 0 Å². The molecule has 0 bridgehead atoms. The van der Waals surface area contributed by atoms with E-state index >= 15 is 0 Å². The van der Waals surface area contributed by atoms with Gasteiger partial charge in [0.1, 0.15) is 6.04 Å². The molecule has 90 valence electrons. The summed E-state index contributed by atoms with van der Waals surface area (Å²) in [5.41, 5.74) is 5.12. The molecular formula is C11H24N2O2. The summed E-state index contributed by atoms with van der Waals surface area (Å²) < 4.78 is 0. The van der Waals surface area contributed by atoms with Crippen LogP contribution in [0.3, 0.4) is 0 Å². The van der Waals surface area contributed by atoms with Crippen LogP contribution in [0.4, 0.5) is 0 Å². The largest absolute Gasteiger partial charge is 0.368 e. The van der Waals surface area contributed by atoms with Gasteiger partial charge in [0.25, 0.3) is 0 Å². The quantitative estimate of drug-likeness (QED) is 0.730. The van der Waals surface area contributed by atoms with Crippen LogP contribution in [0.1, 0.15) is 47.5 Å². The molecule has 0 fully saturated rings. The van der Waals surface area contributed by atoms with Crippen molar-refractivity contribution in [2.45, 2.75) is 53.5 Å². The van der Waals surface area contributed by atoms with Gasteiger partial charge < -0.3 is 11.1 Å². The number of rotatable bonds is 5. The molecule has 0 aliphatic carbocycles. The summed E-state index contributed by atoms with van der Waals surface area (Å²) in [6, 6.07) is -0.514. The Balaban J connectivity index is 0. The molecule has 0 heterocycles. The van der Waals surface area contributed by atoms with E-state index in [9.17, 15) is 9.59 Å². The molecule has 0 aliphatic heterocycles. The maximum atomic E-state index is 11.2. The highest BCUT2D eigenvalue weighted by molar-refractivity contribution is 5.87. The first kappa shape index (κ1) is 16.4. The number of carbonyl (C=O) groups excluding carboxylic acids is 2. The van der Waals surface area contributed by atoms with Crippen molar-refractivity contribution in [1.82, 2.24) is 5.32 Å². The average molecular weight is 216 g/mol. The van der Waals surface area contributed by atoms with Crippen LogP contribution in [0.5, 0.6) is 0 Å². The topological polar surface area (TPSA) is 72.2 Å². The van der Waals surface area contributed by atoms with Crippen molar-refractivity contribution in [3.05, 3.63) is 0 Å². The maximum absolute atomic E-state index is 11.2. The molecule has 1 unspecified atom stereocenters. The minimum atomic E-state index is -0.514. The number of hydrogen-bond donors (Lipinski definition) is 2. The predicted molar refractivity (Wildman–Crippen MR) is 62.2 cm³/mol. The lowest BCUT2D eigenvalue weighted by molar-refractivity contribution is -0.129. The van der Waals surface area contributed by atoms with Crippen LogP contribution in [-0.4, -0.2) is 17.9 Å². The lowest BCUT2D eigenvalue weighted by Gasteiger charge is -2.15. The summed E-state index contributed by atoms with van der Waals surface area (Å²) in [7, 11) is 0. The first-order valence-corrected chi connectivity index (χ1v) is 5.58. The van der Waals surface area contributed by atoms with Gasteiger partial charge in [-0.05, 0) is 6.42 Å². The van der Waals surface area contributed by atoms with E-state index in [2.05, 4.69) is 5.32 Å². The normalized spacial score (nSPS) is 11.3. The standard InChI is InChI=1S/C9H18N2O2.C2H6/c1-4-5-7(8(10)12)11-9(13)6(2)3;1-2/h6-7H,4-5H2,1-3H3,(H2,10,12)(H,11,13);1-2H3. The van der Waals surface area contributed by atoms with E-state index in [4.69, 9.17) is 5.73 Å². The van der Waals surface area contributed by atoms with Crippen LogP contribution in [-0.2, 0) is 9.59 Å². The molecule has 0 radical (unpaired) electrons. The second-order valence-electron chi connectivity index (χ2n) is 3.41. The Morgan fingerprint density at radius 1 is 1.27 bits per heavy atom. The number of nitrogens with one attached hydrogen (secondary N) is 1. The molecule has 0 spiro atoms. The Hall–Kier alpha value is -1.06. The maximum Gasteiger partial charge on any atom is 0.239 e. The first-order chi connectivity index (χ1) is 6.99. The zero-order valence-electron chi connectivity index (χ0n) is 10.5. The highest BCUT2D eigenvalue weighted by Crippen LogP contribution is 1.98. The summed E-state index contributed by atoms with van der Waals surface area (Å²) in [6.07, 6.45) is 1.43. The Morgan fingerprint density at radius 3 is 2.00 bits per heavy atom. The molecular weight excluding hydrogens is 192 g/mol. The zero-order valence-corrected chi connectivity index (χ0v) is 10.5. The Kier molecular flexibility index (Phi) is 10.4. The number of amides is 2. The summed E-state index contributed by atoms with van der Waals surface area (Å²) in [5.74, 6) is -0.702. The highest BCUT2D eigenvalue weighted by atomic mass is 16.2. The van der Waals surface area contributed by atoms with E-state index < -0.39 is 11.9 Å². The van der Waals surface area contributed by atoms with E-state index in [1.54, 1.807) is 13.8 Å². The molecule has 0 saturated carbocycles. The van der Waals surface area contributed by atoms with E-state index in [-0.39, 0.29) is 11.8 Å². The Morgan fingerprint density at radius 2 is 1.73 bits per heavy atom. The summed E-state index contributed by atoms with van der Waals surface area (Å²) in [5, 5.41) is 2.60. The van der Waals surface area contributed by atoms with Crippen molar-refractivity contribution >= 4 is 11.8 Å². The monoisotopic (exact) mass is 216 g/mol. The first-order valence-electron chi connectivity index (χ1n) is 5.58. The molecule has 2 amide bonds. The summed E-state index contributed by atoms with van der Waals surface area (Å²) >= 11 is 0. The SMILES string of the molecule is CC.CCCC(NC(=O)C(C)C)C(N)=O. The minimum absolute atomic E-state index is 0.112. The van der Waals surface area contributed by atoms with Crippen molar-refractivity contribution in [3.63, 3.8) is 0 Å². The minimum Gasteiger partial charge on any atom is -0.368 e. The second kappa shape index (κ2) is 9.49. The van der Waals surface area contributed by atoms with Gasteiger partial charge in [-0.1, -0.05) is 41.0 Å². The van der Waals surface area contributed by atoms with Gasteiger partial charge in [0, 0.05) is 5.92 Å². The lowest BCUT2D eigenvalue weighted by atomic mass is 10.1. The fraction of sp³-hybridized carbons (Fsp3) is 0.818. The molecule has 1 atom stereocenters. The molecule has 0 aliphatic rings. The predicted octanol–water partition coefficient (Wildman–Crippen LogP) is 1.44. The van der Waals surface area contributed by atoms with Gasteiger partial charge in [-0.25, -0.2) is 0 Å². The van der Waals surface area contributed by atoms with Gasteiger partial charge in [-0.3, -0.25) is 9.59 Å². The van der Waals surface area contributed by atoms with Crippen LogP contribution >= 0.6 is 0 Å². The van der Waals surface area contributed by atoms with E-state index in [1.807, 2.05) is 20.8 Å². The van der Waals surface area contributed by atoms with Crippen LogP contribution in [0.15, 0.2) is 0 Å². The van der Waals surface area contributed by atoms with Crippen LogP contribution < -0.4 is 11.1 Å². The number of carbonyl (C=O) groups is 2. The number of hydrogen-bond acceptors (Lipinski definition) is 2. The smallest absolute Gasteiger partial charge is 0.239 e. The second-order valence-corrected chi connectivity index (χ2v) is 3.41. The van der Waals surface area contributed by atoms with Gasteiger partial charge >= 0.3 is 0 Å². The highest BCUT2D eigenvalue weighted by Gasteiger charge is 2.18.